The molecule has 1 aliphatic rings. The van der Waals surface area contributed by atoms with Crippen LogP contribution in [0, 0.1) is 0 Å². The lowest BCUT2D eigenvalue weighted by atomic mass is 9.94. The summed E-state index contributed by atoms with van der Waals surface area (Å²) < 4.78 is 4.91. The van der Waals surface area contributed by atoms with Crippen molar-refractivity contribution in [2.24, 2.45) is 0 Å². The fourth-order valence-electron chi connectivity index (χ4n) is 3.17. The molecule has 0 unspecified atom stereocenters. The number of rotatable bonds is 8. The highest BCUT2D eigenvalue weighted by Gasteiger charge is 2.24. The SMILES string of the molecule is COCCNCC(=O)Nc1ccc(C(=O)N(C)C2CCCCC2)c(Cl)c1.Cl. The molecule has 0 bridgehead atoms. The molecule has 0 saturated heterocycles. The van der Waals surface area contributed by atoms with Gasteiger partial charge in [0.05, 0.1) is 23.7 Å². The first-order valence-corrected chi connectivity index (χ1v) is 9.47. The van der Waals surface area contributed by atoms with Gasteiger partial charge in [0.25, 0.3) is 5.91 Å². The van der Waals surface area contributed by atoms with E-state index >= 15 is 0 Å². The summed E-state index contributed by atoms with van der Waals surface area (Å²) in [6.07, 6.45) is 5.67. The van der Waals surface area contributed by atoms with Crippen molar-refractivity contribution in [3.8, 4) is 0 Å². The van der Waals surface area contributed by atoms with Crippen molar-refractivity contribution in [3.05, 3.63) is 28.8 Å². The molecule has 0 aliphatic heterocycles. The van der Waals surface area contributed by atoms with E-state index in [0.717, 1.165) is 12.8 Å². The Balaban J connectivity index is 0.00000364. The lowest BCUT2D eigenvalue weighted by Gasteiger charge is -2.31. The van der Waals surface area contributed by atoms with Crippen LogP contribution in [0.4, 0.5) is 5.69 Å². The van der Waals surface area contributed by atoms with Crippen molar-refractivity contribution in [3.63, 3.8) is 0 Å². The Kier molecular flexibility index (Phi) is 10.7. The van der Waals surface area contributed by atoms with E-state index in [1.807, 2.05) is 7.05 Å². The number of hydrogen-bond donors (Lipinski definition) is 2. The second-order valence-electron chi connectivity index (χ2n) is 6.62. The molecular weight excluding hydrogens is 389 g/mol. The van der Waals surface area contributed by atoms with E-state index in [1.54, 1.807) is 30.2 Å². The molecule has 2 N–H and O–H groups in total. The van der Waals surface area contributed by atoms with E-state index in [2.05, 4.69) is 10.6 Å². The Hall–Kier alpha value is -1.34. The minimum Gasteiger partial charge on any atom is -0.383 e. The Morgan fingerprint density at radius 2 is 1.96 bits per heavy atom. The maximum atomic E-state index is 12.7. The van der Waals surface area contributed by atoms with Crippen molar-refractivity contribution >= 4 is 41.5 Å². The fraction of sp³-hybridized carbons (Fsp3) is 0.579. The highest BCUT2D eigenvalue weighted by Crippen LogP contribution is 2.26. The number of methoxy groups -OCH3 is 1. The van der Waals surface area contributed by atoms with Gasteiger partial charge in [0.15, 0.2) is 0 Å². The van der Waals surface area contributed by atoms with Gasteiger partial charge in [-0.1, -0.05) is 30.9 Å². The second-order valence-corrected chi connectivity index (χ2v) is 7.03. The van der Waals surface area contributed by atoms with Crippen LogP contribution in [-0.4, -0.2) is 56.6 Å². The summed E-state index contributed by atoms with van der Waals surface area (Å²) in [5.41, 5.74) is 1.04. The molecular formula is C19H29Cl2N3O3. The largest absolute Gasteiger partial charge is 0.383 e. The van der Waals surface area contributed by atoms with Crippen molar-refractivity contribution < 1.29 is 14.3 Å². The van der Waals surface area contributed by atoms with Crippen molar-refractivity contribution in [1.29, 1.82) is 0 Å². The predicted molar refractivity (Wildman–Crippen MR) is 111 cm³/mol. The summed E-state index contributed by atoms with van der Waals surface area (Å²) in [5.74, 6) is -0.239. The second kappa shape index (κ2) is 12.2. The Morgan fingerprint density at radius 1 is 1.26 bits per heavy atom. The van der Waals surface area contributed by atoms with Crippen LogP contribution in [0.2, 0.25) is 5.02 Å². The number of ether oxygens (including phenoxy) is 1. The van der Waals surface area contributed by atoms with Crippen molar-refractivity contribution in [2.75, 3.05) is 39.2 Å². The lowest BCUT2D eigenvalue weighted by molar-refractivity contribution is -0.115. The molecule has 152 valence electrons. The number of halogens is 2. The molecule has 1 fully saturated rings. The van der Waals surface area contributed by atoms with Crippen LogP contribution in [0.3, 0.4) is 0 Å². The van der Waals surface area contributed by atoms with Crippen molar-refractivity contribution in [2.45, 2.75) is 38.1 Å². The van der Waals surface area contributed by atoms with Crippen molar-refractivity contribution in [1.82, 2.24) is 10.2 Å². The molecule has 1 saturated carbocycles. The first kappa shape index (κ1) is 23.7. The number of carbonyl (C=O) groups excluding carboxylic acids is 2. The zero-order valence-electron chi connectivity index (χ0n) is 15.9. The first-order chi connectivity index (χ1) is 12.5. The molecule has 0 atom stereocenters. The molecule has 2 rings (SSSR count). The fourth-order valence-corrected chi connectivity index (χ4v) is 3.43. The molecule has 6 nitrogen and oxygen atoms in total. The van der Waals surface area contributed by atoms with Crippen LogP contribution < -0.4 is 10.6 Å². The standard InChI is InChI=1S/C19H28ClN3O3.ClH/c1-23(15-6-4-3-5-7-15)19(25)16-9-8-14(12-17(16)20)22-18(24)13-21-10-11-26-2;/h8-9,12,15,21H,3-7,10-11,13H2,1-2H3,(H,22,24);1H. The van der Waals surface area contributed by atoms with Gasteiger partial charge < -0.3 is 20.3 Å². The highest BCUT2D eigenvalue weighted by molar-refractivity contribution is 6.34. The molecule has 1 aliphatic carbocycles. The van der Waals surface area contributed by atoms with Crippen LogP contribution in [0.1, 0.15) is 42.5 Å². The topological polar surface area (TPSA) is 70.7 Å². The average molecular weight is 418 g/mol. The molecule has 0 heterocycles. The molecule has 8 heteroatoms. The maximum absolute atomic E-state index is 12.7. The molecule has 0 radical (unpaired) electrons. The van der Waals surface area contributed by atoms with Gasteiger partial charge >= 0.3 is 0 Å². The minimum absolute atomic E-state index is 0. The van der Waals surface area contributed by atoms with E-state index in [1.165, 1.54) is 19.3 Å². The zero-order valence-corrected chi connectivity index (χ0v) is 17.5. The normalized spacial score (nSPS) is 14.3. The minimum atomic E-state index is -0.171. The van der Waals surface area contributed by atoms with Gasteiger partial charge in [-0.3, -0.25) is 9.59 Å². The first-order valence-electron chi connectivity index (χ1n) is 9.09. The highest BCUT2D eigenvalue weighted by atomic mass is 35.5. The third-order valence-electron chi connectivity index (χ3n) is 4.69. The van der Waals surface area contributed by atoms with Gasteiger partial charge in [0, 0.05) is 32.4 Å². The predicted octanol–water partition coefficient (Wildman–Crippen LogP) is 3.34. The number of nitrogens with one attached hydrogen (secondary N) is 2. The third kappa shape index (κ3) is 7.30. The monoisotopic (exact) mass is 417 g/mol. The van der Waals surface area contributed by atoms with Gasteiger partial charge in [0.2, 0.25) is 5.91 Å². The molecule has 1 aromatic rings. The third-order valence-corrected chi connectivity index (χ3v) is 5.01. The number of nitrogens with zero attached hydrogens (tertiary/aromatic N) is 1. The molecule has 0 spiro atoms. The Labute approximate surface area is 172 Å². The summed E-state index contributed by atoms with van der Waals surface area (Å²) in [6.45, 7) is 1.34. The summed E-state index contributed by atoms with van der Waals surface area (Å²) in [6, 6.07) is 5.29. The van der Waals surface area contributed by atoms with Gasteiger partial charge in [-0.25, -0.2) is 0 Å². The summed E-state index contributed by atoms with van der Waals surface area (Å²) in [5, 5.41) is 6.09. The van der Waals surface area contributed by atoms with E-state index in [4.69, 9.17) is 16.3 Å². The summed E-state index contributed by atoms with van der Waals surface area (Å²) in [7, 11) is 3.45. The number of amides is 2. The average Bonchev–Trinajstić information content (AvgIpc) is 2.65. The number of benzene rings is 1. The molecule has 0 aromatic heterocycles. The van der Waals surface area contributed by atoms with Crippen LogP contribution in [-0.2, 0) is 9.53 Å². The van der Waals surface area contributed by atoms with Crippen LogP contribution in [0.15, 0.2) is 18.2 Å². The van der Waals surface area contributed by atoms with Gasteiger partial charge in [-0.05, 0) is 31.0 Å². The smallest absolute Gasteiger partial charge is 0.255 e. The van der Waals surface area contributed by atoms with E-state index in [0.29, 0.717) is 29.4 Å². The summed E-state index contributed by atoms with van der Waals surface area (Å²) in [4.78, 5) is 26.4. The Bertz CT molecular complexity index is 622. The maximum Gasteiger partial charge on any atom is 0.255 e. The van der Waals surface area contributed by atoms with E-state index in [9.17, 15) is 9.59 Å². The van der Waals surface area contributed by atoms with E-state index < -0.39 is 0 Å². The number of carbonyl (C=O) groups is 2. The van der Waals surface area contributed by atoms with Crippen LogP contribution in [0.5, 0.6) is 0 Å². The van der Waals surface area contributed by atoms with Gasteiger partial charge in [-0.2, -0.15) is 0 Å². The quantitative estimate of drug-likeness (QED) is 0.636. The zero-order chi connectivity index (χ0) is 18.9. The van der Waals surface area contributed by atoms with Crippen LogP contribution >= 0.6 is 24.0 Å². The Morgan fingerprint density at radius 3 is 2.59 bits per heavy atom. The van der Waals surface area contributed by atoms with Crippen LogP contribution in [0.25, 0.3) is 0 Å². The molecule has 27 heavy (non-hydrogen) atoms. The van der Waals surface area contributed by atoms with Gasteiger partial charge in [-0.15, -0.1) is 12.4 Å². The lowest BCUT2D eigenvalue weighted by Crippen LogP contribution is -2.38. The molecule has 1 aromatic carbocycles. The van der Waals surface area contributed by atoms with Gasteiger partial charge in [0.1, 0.15) is 0 Å². The number of anilines is 1. The van der Waals surface area contributed by atoms with E-state index in [-0.39, 0.29) is 36.8 Å². The number of hydrogen-bond acceptors (Lipinski definition) is 4. The summed E-state index contributed by atoms with van der Waals surface area (Å²) >= 11 is 6.31. The molecule has 2 amide bonds.